The zero-order valence-corrected chi connectivity index (χ0v) is 11.1. The van der Waals surface area contributed by atoms with Crippen molar-refractivity contribution in [2.75, 3.05) is 5.73 Å². The van der Waals surface area contributed by atoms with Gasteiger partial charge in [-0.15, -0.1) is 0 Å². The van der Waals surface area contributed by atoms with Gasteiger partial charge in [0.2, 0.25) is 0 Å². The van der Waals surface area contributed by atoms with Gasteiger partial charge < -0.3 is 5.73 Å². The fraction of sp³-hybridized carbons (Fsp3) is 0.188. The molecule has 0 amide bonds. The van der Waals surface area contributed by atoms with Gasteiger partial charge in [-0.25, -0.2) is 4.98 Å². The normalized spacial score (nSPS) is 9.44. The number of aromatic nitrogens is 1. The number of hydrogen-bond donors (Lipinski definition) is 1. The van der Waals surface area contributed by atoms with E-state index < -0.39 is 0 Å². The molecule has 0 saturated carbocycles. The molecule has 18 heavy (non-hydrogen) atoms. The van der Waals surface area contributed by atoms with Crippen LogP contribution in [0.15, 0.2) is 37.4 Å². The number of nitrogens with two attached hydrogens (primary N) is 1. The minimum absolute atomic E-state index is 0.713. The Hall–Kier alpha value is -2.09. The Kier molecular flexibility index (Phi) is 5.12. The summed E-state index contributed by atoms with van der Waals surface area (Å²) in [6.07, 6.45) is 4.66. The number of benzene rings is 1. The van der Waals surface area contributed by atoms with Crippen molar-refractivity contribution in [1.29, 1.82) is 0 Å². The fourth-order valence-electron chi connectivity index (χ4n) is 1.64. The Balaban J connectivity index is 0.000000492. The molecule has 2 N–H and O–H groups in total. The van der Waals surface area contributed by atoms with E-state index in [2.05, 4.69) is 32.0 Å². The molecule has 0 aliphatic heterocycles. The maximum absolute atomic E-state index is 6.05. The molecule has 94 valence electrons. The number of nitrogens with zero attached hydrogens (tertiary/aromatic N) is 1. The molecule has 2 aromatic rings. The lowest BCUT2D eigenvalue weighted by Crippen LogP contribution is -1.97. The van der Waals surface area contributed by atoms with E-state index in [-0.39, 0.29) is 0 Å². The number of rotatable bonds is 2. The van der Waals surface area contributed by atoms with Crippen molar-refractivity contribution in [1.82, 2.24) is 4.98 Å². The molecule has 0 spiro atoms. The molecule has 0 saturated heterocycles. The molecule has 0 fully saturated rings. The molecule has 0 bridgehead atoms. The maximum atomic E-state index is 6.05. The van der Waals surface area contributed by atoms with Gasteiger partial charge in [0.15, 0.2) is 0 Å². The SMILES string of the molecule is C=Cc1nc2ccccc2c(N)c1C=C.CCC. The molecule has 0 radical (unpaired) electrons. The molecule has 1 aromatic carbocycles. The van der Waals surface area contributed by atoms with Crippen LogP contribution < -0.4 is 5.73 Å². The third kappa shape index (κ3) is 2.77. The molecule has 2 rings (SSSR count). The van der Waals surface area contributed by atoms with Crippen LogP contribution in [0.5, 0.6) is 0 Å². The topological polar surface area (TPSA) is 38.9 Å². The summed E-state index contributed by atoms with van der Waals surface area (Å²) in [6.45, 7) is 11.7. The first kappa shape index (κ1) is 14.0. The first-order chi connectivity index (χ1) is 8.69. The van der Waals surface area contributed by atoms with Crippen LogP contribution in [0, 0.1) is 0 Å². The molecule has 0 aliphatic rings. The van der Waals surface area contributed by atoms with E-state index in [9.17, 15) is 0 Å². The minimum atomic E-state index is 0.713. The van der Waals surface area contributed by atoms with Crippen molar-refractivity contribution in [2.24, 2.45) is 0 Å². The average molecular weight is 240 g/mol. The van der Waals surface area contributed by atoms with Gasteiger partial charge in [0.1, 0.15) is 0 Å². The van der Waals surface area contributed by atoms with Gasteiger partial charge in [-0.2, -0.15) is 0 Å². The Morgan fingerprint density at radius 2 is 1.78 bits per heavy atom. The summed E-state index contributed by atoms with van der Waals surface area (Å²) in [7, 11) is 0. The highest BCUT2D eigenvalue weighted by Gasteiger charge is 2.07. The van der Waals surface area contributed by atoms with Crippen LogP contribution in [0.4, 0.5) is 5.69 Å². The van der Waals surface area contributed by atoms with Crippen LogP contribution in [0.1, 0.15) is 31.5 Å². The molecular formula is C16H20N2. The summed E-state index contributed by atoms with van der Waals surface area (Å²) in [6, 6.07) is 7.78. The van der Waals surface area contributed by atoms with Gasteiger partial charge in [-0.3, -0.25) is 0 Å². The summed E-state index contributed by atoms with van der Waals surface area (Å²) in [5, 5.41) is 0.956. The highest BCUT2D eigenvalue weighted by molar-refractivity contribution is 5.96. The second-order valence-corrected chi connectivity index (χ2v) is 3.96. The number of para-hydroxylation sites is 1. The van der Waals surface area contributed by atoms with Crippen molar-refractivity contribution in [2.45, 2.75) is 20.3 Å². The van der Waals surface area contributed by atoms with Gasteiger partial charge in [-0.05, 0) is 12.1 Å². The van der Waals surface area contributed by atoms with Crippen LogP contribution in [-0.2, 0) is 0 Å². The van der Waals surface area contributed by atoms with E-state index in [0.29, 0.717) is 5.69 Å². The number of nitrogen functional groups attached to an aromatic ring is 1. The second-order valence-electron chi connectivity index (χ2n) is 3.96. The van der Waals surface area contributed by atoms with Gasteiger partial charge in [0.05, 0.1) is 16.9 Å². The van der Waals surface area contributed by atoms with Crippen molar-refractivity contribution < 1.29 is 0 Å². The van der Waals surface area contributed by atoms with Gasteiger partial charge in [0.25, 0.3) is 0 Å². The monoisotopic (exact) mass is 240 g/mol. The lowest BCUT2D eigenvalue weighted by atomic mass is 10.1. The van der Waals surface area contributed by atoms with Crippen LogP contribution in [0.2, 0.25) is 0 Å². The van der Waals surface area contributed by atoms with Crippen molar-refractivity contribution >= 4 is 28.7 Å². The summed E-state index contributed by atoms with van der Waals surface area (Å²) in [4.78, 5) is 4.46. The highest BCUT2D eigenvalue weighted by atomic mass is 14.7. The molecular weight excluding hydrogens is 220 g/mol. The predicted molar refractivity (Wildman–Crippen MR) is 82.3 cm³/mol. The smallest absolute Gasteiger partial charge is 0.0730 e. The van der Waals surface area contributed by atoms with Crippen molar-refractivity contribution in [3.63, 3.8) is 0 Å². The second kappa shape index (κ2) is 6.60. The standard InChI is InChI=1S/C13H12N2.C3H8/c1-3-9-11(4-2)15-12-8-6-5-7-10(12)13(9)14;1-3-2/h3-8H,1-2H2,(H2,14,15);3H2,1-2H3. The van der Waals surface area contributed by atoms with Crippen molar-refractivity contribution in [3.05, 3.63) is 48.7 Å². The zero-order chi connectivity index (χ0) is 13.5. The van der Waals surface area contributed by atoms with Crippen molar-refractivity contribution in [3.8, 4) is 0 Å². The summed E-state index contributed by atoms with van der Waals surface area (Å²) >= 11 is 0. The lowest BCUT2D eigenvalue weighted by molar-refractivity contribution is 1.09. The first-order valence-corrected chi connectivity index (χ1v) is 6.12. The Labute approximate surface area is 109 Å². The molecule has 1 heterocycles. The Morgan fingerprint density at radius 3 is 2.33 bits per heavy atom. The minimum Gasteiger partial charge on any atom is -0.398 e. The third-order valence-electron chi connectivity index (χ3n) is 2.40. The van der Waals surface area contributed by atoms with E-state index in [4.69, 9.17) is 5.73 Å². The van der Waals surface area contributed by atoms with Crippen LogP contribution >= 0.6 is 0 Å². The van der Waals surface area contributed by atoms with E-state index in [1.54, 1.807) is 12.2 Å². The number of hydrogen-bond acceptors (Lipinski definition) is 2. The van der Waals surface area contributed by atoms with Crippen LogP contribution in [0.25, 0.3) is 23.1 Å². The van der Waals surface area contributed by atoms with Gasteiger partial charge >= 0.3 is 0 Å². The average Bonchev–Trinajstić information content (AvgIpc) is 2.39. The number of anilines is 1. The van der Waals surface area contributed by atoms with Gasteiger partial charge in [0, 0.05) is 10.9 Å². The zero-order valence-electron chi connectivity index (χ0n) is 11.1. The van der Waals surface area contributed by atoms with E-state index in [1.807, 2.05) is 24.3 Å². The molecule has 1 aromatic heterocycles. The van der Waals surface area contributed by atoms with E-state index in [0.717, 1.165) is 22.2 Å². The maximum Gasteiger partial charge on any atom is 0.0730 e. The predicted octanol–water partition coefficient (Wildman–Crippen LogP) is 4.52. The highest BCUT2D eigenvalue weighted by Crippen LogP contribution is 2.26. The third-order valence-corrected chi connectivity index (χ3v) is 2.40. The van der Waals surface area contributed by atoms with E-state index in [1.165, 1.54) is 6.42 Å². The summed E-state index contributed by atoms with van der Waals surface area (Å²) in [5.74, 6) is 0. The van der Waals surface area contributed by atoms with Gasteiger partial charge in [-0.1, -0.05) is 57.7 Å². The molecule has 2 heteroatoms. The number of pyridine rings is 1. The lowest BCUT2D eigenvalue weighted by Gasteiger charge is -2.08. The Morgan fingerprint density at radius 1 is 1.17 bits per heavy atom. The quantitative estimate of drug-likeness (QED) is 0.838. The molecule has 0 unspecified atom stereocenters. The fourth-order valence-corrected chi connectivity index (χ4v) is 1.64. The summed E-state index contributed by atoms with van der Waals surface area (Å²) < 4.78 is 0. The molecule has 0 aliphatic carbocycles. The summed E-state index contributed by atoms with van der Waals surface area (Å²) in [5.41, 5.74) is 9.27. The van der Waals surface area contributed by atoms with Crippen LogP contribution in [-0.4, -0.2) is 4.98 Å². The molecule has 0 atom stereocenters. The molecule has 2 nitrogen and oxygen atoms in total. The number of fused-ring (bicyclic) bond motifs is 1. The Bertz CT molecular complexity index is 556. The van der Waals surface area contributed by atoms with Crippen LogP contribution in [0.3, 0.4) is 0 Å². The largest absolute Gasteiger partial charge is 0.398 e. The van der Waals surface area contributed by atoms with E-state index >= 15 is 0 Å². The first-order valence-electron chi connectivity index (χ1n) is 6.12.